The minimum Gasteiger partial charge on any atom is -0.298 e. The molecule has 2 aliphatic carbocycles. The maximum Gasteiger partial charge on any atom is 0.147 e. The maximum atomic E-state index is 12.1. The Bertz CT molecular complexity index is 432. The van der Waals surface area contributed by atoms with Gasteiger partial charge in [0.05, 0.1) is 5.41 Å². The van der Waals surface area contributed by atoms with E-state index in [9.17, 15) is 4.79 Å². The van der Waals surface area contributed by atoms with Gasteiger partial charge >= 0.3 is 0 Å². The Hall–Kier alpha value is -1.37. The van der Waals surface area contributed by atoms with Crippen LogP contribution in [-0.4, -0.2) is 5.78 Å². The Kier molecular flexibility index (Phi) is 1.67. The average molecular weight is 198 g/mol. The van der Waals surface area contributed by atoms with Gasteiger partial charge in [-0.25, -0.2) is 0 Å². The van der Waals surface area contributed by atoms with E-state index in [2.05, 4.69) is 31.2 Å². The molecule has 1 aromatic rings. The minimum absolute atomic E-state index is 0.251. The molecule has 0 N–H and O–H groups in total. The van der Waals surface area contributed by atoms with Crippen LogP contribution in [0.5, 0.6) is 0 Å². The Morgan fingerprint density at radius 2 is 2.00 bits per heavy atom. The first-order valence-corrected chi connectivity index (χ1v) is 5.51. The normalized spacial score (nSPS) is 37.5. The van der Waals surface area contributed by atoms with E-state index >= 15 is 0 Å². The fraction of sp³-hybridized carbons (Fsp3) is 0.357. The largest absolute Gasteiger partial charge is 0.298 e. The summed E-state index contributed by atoms with van der Waals surface area (Å²) in [5.74, 6) is 1.13. The van der Waals surface area contributed by atoms with Crippen molar-refractivity contribution in [1.82, 2.24) is 0 Å². The van der Waals surface area contributed by atoms with Gasteiger partial charge in [0, 0.05) is 11.8 Å². The first-order chi connectivity index (χ1) is 7.24. The SMILES string of the molecule is CC1(c2ccccc2)C(=O)C2CC=CC21. The standard InChI is InChI=1S/C14H14O/c1-14(10-6-3-2-4-7-10)12-9-5-8-11(12)13(14)15/h2-7,9,11-12H,8H2,1H3. The second-order valence-electron chi connectivity index (χ2n) is 4.73. The number of carbonyl (C=O) groups is 1. The molecule has 0 heterocycles. The predicted molar refractivity (Wildman–Crippen MR) is 59.5 cm³/mol. The van der Waals surface area contributed by atoms with Crippen molar-refractivity contribution in [2.24, 2.45) is 11.8 Å². The predicted octanol–water partition coefficient (Wildman–Crippen LogP) is 2.72. The van der Waals surface area contributed by atoms with Crippen molar-refractivity contribution in [2.75, 3.05) is 0 Å². The Morgan fingerprint density at radius 1 is 1.27 bits per heavy atom. The van der Waals surface area contributed by atoms with Gasteiger partial charge in [0.2, 0.25) is 0 Å². The number of allylic oxidation sites excluding steroid dienone is 2. The second-order valence-corrected chi connectivity index (χ2v) is 4.73. The fourth-order valence-corrected chi connectivity index (χ4v) is 3.09. The van der Waals surface area contributed by atoms with Crippen LogP contribution in [0, 0.1) is 11.8 Å². The van der Waals surface area contributed by atoms with Crippen LogP contribution >= 0.6 is 0 Å². The van der Waals surface area contributed by atoms with Crippen molar-refractivity contribution in [2.45, 2.75) is 18.8 Å². The lowest BCUT2D eigenvalue weighted by Crippen LogP contribution is -2.56. The molecular formula is C14H14O. The number of hydrogen-bond donors (Lipinski definition) is 0. The minimum atomic E-state index is -0.251. The van der Waals surface area contributed by atoms with Crippen LogP contribution < -0.4 is 0 Å². The highest BCUT2D eigenvalue weighted by atomic mass is 16.1. The van der Waals surface area contributed by atoms with Gasteiger partial charge in [-0.3, -0.25) is 4.79 Å². The van der Waals surface area contributed by atoms with Crippen LogP contribution in [0.3, 0.4) is 0 Å². The number of rotatable bonds is 1. The molecule has 2 aliphatic rings. The fourth-order valence-electron chi connectivity index (χ4n) is 3.09. The van der Waals surface area contributed by atoms with Gasteiger partial charge in [0.1, 0.15) is 5.78 Å². The van der Waals surface area contributed by atoms with Crippen LogP contribution in [0.1, 0.15) is 18.9 Å². The summed E-state index contributed by atoms with van der Waals surface area (Å²) in [5.41, 5.74) is 0.918. The van der Waals surface area contributed by atoms with Crippen LogP contribution in [-0.2, 0) is 10.2 Å². The van der Waals surface area contributed by atoms with E-state index in [1.54, 1.807) is 0 Å². The number of hydrogen-bond acceptors (Lipinski definition) is 1. The summed E-state index contributed by atoms with van der Waals surface area (Å²) in [4.78, 5) is 12.1. The van der Waals surface area contributed by atoms with Gasteiger partial charge in [-0.2, -0.15) is 0 Å². The van der Waals surface area contributed by atoms with Crippen molar-refractivity contribution in [3.8, 4) is 0 Å². The van der Waals surface area contributed by atoms with E-state index < -0.39 is 0 Å². The summed E-state index contributed by atoms with van der Waals surface area (Å²) < 4.78 is 0. The molecule has 3 rings (SSSR count). The van der Waals surface area contributed by atoms with Crippen LogP contribution in [0.15, 0.2) is 42.5 Å². The molecule has 0 spiro atoms. The first-order valence-electron chi connectivity index (χ1n) is 5.51. The van der Waals surface area contributed by atoms with Gasteiger partial charge in [0.25, 0.3) is 0 Å². The van der Waals surface area contributed by atoms with Crippen LogP contribution in [0.4, 0.5) is 0 Å². The summed E-state index contributed by atoms with van der Waals surface area (Å²) in [5, 5.41) is 0. The van der Waals surface area contributed by atoms with Crippen molar-refractivity contribution in [3.63, 3.8) is 0 Å². The number of carbonyl (C=O) groups excluding carboxylic acids is 1. The lowest BCUT2D eigenvalue weighted by Gasteiger charge is -2.48. The van der Waals surface area contributed by atoms with Crippen molar-refractivity contribution in [1.29, 1.82) is 0 Å². The van der Waals surface area contributed by atoms with Gasteiger partial charge < -0.3 is 0 Å². The third kappa shape index (κ3) is 0.956. The molecule has 1 nitrogen and oxygen atoms in total. The van der Waals surface area contributed by atoms with Crippen LogP contribution in [0.2, 0.25) is 0 Å². The van der Waals surface area contributed by atoms with Gasteiger partial charge in [0.15, 0.2) is 0 Å². The second kappa shape index (κ2) is 2.82. The highest BCUT2D eigenvalue weighted by Gasteiger charge is 2.59. The molecule has 1 heteroatoms. The summed E-state index contributed by atoms with van der Waals surface area (Å²) in [7, 11) is 0. The topological polar surface area (TPSA) is 17.1 Å². The van der Waals surface area contributed by atoms with Crippen molar-refractivity contribution < 1.29 is 4.79 Å². The first kappa shape index (κ1) is 8.90. The van der Waals surface area contributed by atoms with E-state index in [0.29, 0.717) is 11.7 Å². The molecule has 76 valence electrons. The van der Waals surface area contributed by atoms with E-state index in [1.165, 1.54) is 5.56 Å². The number of fused-ring (bicyclic) bond motifs is 1. The molecule has 0 aromatic heterocycles. The van der Waals surface area contributed by atoms with E-state index in [1.807, 2.05) is 18.2 Å². The molecule has 0 aliphatic heterocycles. The third-order valence-electron chi connectivity index (χ3n) is 4.06. The molecule has 1 aromatic carbocycles. The number of ketones is 1. The number of benzene rings is 1. The highest BCUT2D eigenvalue weighted by molar-refractivity contribution is 6.00. The van der Waals surface area contributed by atoms with E-state index in [4.69, 9.17) is 0 Å². The molecule has 3 unspecified atom stereocenters. The lowest BCUT2D eigenvalue weighted by atomic mass is 9.52. The van der Waals surface area contributed by atoms with E-state index in [-0.39, 0.29) is 11.3 Å². The Labute approximate surface area is 89.8 Å². The van der Waals surface area contributed by atoms with Gasteiger partial charge in [-0.05, 0) is 18.9 Å². The molecule has 0 amide bonds. The Balaban J connectivity index is 2.05. The summed E-state index contributed by atoms with van der Waals surface area (Å²) in [6.45, 7) is 2.08. The zero-order chi connectivity index (χ0) is 10.5. The highest BCUT2D eigenvalue weighted by Crippen LogP contribution is 2.54. The van der Waals surface area contributed by atoms with E-state index in [0.717, 1.165) is 6.42 Å². The van der Waals surface area contributed by atoms with Crippen LogP contribution in [0.25, 0.3) is 0 Å². The van der Waals surface area contributed by atoms with Crippen molar-refractivity contribution in [3.05, 3.63) is 48.0 Å². The zero-order valence-electron chi connectivity index (χ0n) is 8.81. The molecule has 1 fully saturated rings. The third-order valence-corrected chi connectivity index (χ3v) is 4.06. The van der Waals surface area contributed by atoms with Crippen molar-refractivity contribution >= 4 is 5.78 Å². The Morgan fingerprint density at radius 3 is 2.73 bits per heavy atom. The summed E-state index contributed by atoms with van der Waals surface area (Å²) in [6, 6.07) is 10.2. The van der Waals surface area contributed by atoms with Gasteiger partial charge in [-0.15, -0.1) is 0 Å². The zero-order valence-corrected chi connectivity index (χ0v) is 8.81. The molecule has 0 radical (unpaired) electrons. The quantitative estimate of drug-likeness (QED) is 0.634. The lowest BCUT2D eigenvalue weighted by molar-refractivity contribution is -0.141. The molecule has 0 bridgehead atoms. The molecule has 0 saturated heterocycles. The summed E-state index contributed by atoms with van der Waals surface area (Å²) >= 11 is 0. The molecule has 1 saturated carbocycles. The smallest absolute Gasteiger partial charge is 0.147 e. The molecular weight excluding hydrogens is 184 g/mol. The van der Waals surface area contributed by atoms with Gasteiger partial charge in [-0.1, -0.05) is 42.5 Å². The maximum absolute atomic E-state index is 12.1. The summed E-state index contributed by atoms with van der Waals surface area (Å²) in [6.07, 6.45) is 5.33. The number of Topliss-reactive ketones (excluding diaryl/α,β-unsaturated/α-hetero) is 1. The molecule has 3 atom stereocenters. The molecule has 15 heavy (non-hydrogen) atoms. The average Bonchev–Trinajstić information content (AvgIpc) is 2.75. The monoisotopic (exact) mass is 198 g/mol.